The van der Waals surface area contributed by atoms with Crippen molar-refractivity contribution in [2.75, 3.05) is 19.4 Å². The van der Waals surface area contributed by atoms with E-state index in [0.29, 0.717) is 17.6 Å². The number of halogens is 1. The Kier molecular flexibility index (Phi) is 4.99. The Morgan fingerprint density at radius 2 is 1.89 bits per heavy atom. The van der Waals surface area contributed by atoms with E-state index in [0.717, 1.165) is 35.1 Å². The molecule has 3 aromatic rings. The number of nitrogens with zero attached hydrogens (tertiary/aromatic N) is 4. The van der Waals surface area contributed by atoms with Crippen LogP contribution < -0.4 is 5.32 Å². The summed E-state index contributed by atoms with van der Waals surface area (Å²) in [5, 5.41) is 4.52. The van der Waals surface area contributed by atoms with Crippen LogP contribution in [0.15, 0.2) is 43.0 Å². The largest absolute Gasteiger partial charge is 0.367 e. The van der Waals surface area contributed by atoms with Gasteiger partial charge in [-0.3, -0.25) is 4.98 Å². The molecule has 1 saturated carbocycles. The molecule has 1 aliphatic rings. The van der Waals surface area contributed by atoms with Gasteiger partial charge in [-0.25, -0.2) is 14.4 Å². The molecule has 0 bridgehead atoms. The summed E-state index contributed by atoms with van der Waals surface area (Å²) in [5.74, 6) is 0.495. The van der Waals surface area contributed by atoms with E-state index in [9.17, 15) is 4.39 Å². The van der Waals surface area contributed by atoms with Gasteiger partial charge in [0.15, 0.2) is 0 Å². The van der Waals surface area contributed by atoms with Crippen molar-refractivity contribution in [3.05, 3.63) is 48.8 Å². The predicted molar refractivity (Wildman–Crippen MR) is 106 cm³/mol. The van der Waals surface area contributed by atoms with Crippen LogP contribution in [0.5, 0.6) is 0 Å². The van der Waals surface area contributed by atoms with Crippen LogP contribution in [0.3, 0.4) is 0 Å². The Labute approximate surface area is 158 Å². The molecule has 2 heterocycles. The van der Waals surface area contributed by atoms with Crippen molar-refractivity contribution >= 4 is 16.7 Å². The van der Waals surface area contributed by atoms with E-state index in [-0.39, 0.29) is 5.82 Å². The van der Waals surface area contributed by atoms with Gasteiger partial charge in [0.2, 0.25) is 0 Å². The van der Waals surface area contributed by atoms with E-state index >= 15 is 0 Å². The second kappa shape index (κ2) is 7.56. The standard InChI is InChI=1S/C21H24FN5/c1-27(2)16-6-4-15(5-7-16)26-21-18-11-14(3-8-20(18)24-13-25-21)17-9-10-23-12-19(17)22/h3,8-13,15-16H,4-7H2,1-2H3,(H,24,25,26). The molecular formula is C21H24FN5. The summed E-state index contributed by atoms with van der Waals surface area (Å²) in [5.41, 5.74) is 2.19. The molecule has 0 spiro atoms. The fraction of sp³-hybridized carbons (Fsp3) is 0.381. The van der Waals surface area contributed by atoms with Gasteiger partial charge in [0.25, 0.3) is 0 Å². The van der Waals surface area contributed by atoms with E-state index in [1.807, 2.05) is 18.2 Å². The Morgan fingerprint density at radius 1 is 1.07 bits per heavy atom. The topological polar surface area (TPSA) is 53.9 Å². The molecule has 140 valence electrons. The third-order valence-corrected chi connectivity index (χ3v) is 5.49. The monoisotopic (exact) mass is 365 g/mol. The van der Waals surface area contributed by atoms with Gasteiger partial charge in [0.05, 0.1) is 11.7 Å². The number of anilines is 1. The Balaban J connectivity index is 1.62. The highest BCUT2D eigenvalue weighted by Crippen LogP contribution is 2.30. The van der Waals surface area contributed by atoms with E-state index < -0.39 is 0 Å². The van der Waals surface area contributed by atoms with Gasteiger partial charge in [-0.15, -0.1) is 0 Å². The molecule has 0 radical (unpaired) electrons. The van der Waals surface area contributed by atoms with E-state index in [4.69, 9.17) is 0 Å². The molecule has 1 N–H and O–H groups in total. The zero-order valence-electron chi connectivity index (χ0n) is 15.7. The normalized spacial score (nSPS) is 20.1. The molecule has 27 heavy (non-hydrogen) atoms. The smallest absolute Gasteiger partial charge is 0.149 e. The summed E-state index contributed by atoms with van der Waals surface area (Å²) in [6.45, 7) is 0. The summed E-state index contributed by atoms with van der Waals surface area (Å²) >= 11 is 0. The molecule has 0 atom stereocenters. The first-order valence-electron chi connectivity index (χ1n) is 9.39. The van der Waals surface area contributed by atoms with Gasteiger partial charge in [-0.1, -0.05) is 6.07 Å². The summed E-state index contributed by atoms with van der Waals surface area (Å²) in [4.78, 5) is 15.0. The van der Waals surface area contributed by atoms with Crippen LogP contribution in [0, 0.1) is 5.82 Å². The Morgan fingerprint density at radius 3 is 2.63 bits per heavy atom. The van der Waals surface area contributed by atoms with Gasteiger partial charge < -0.3 is 10.2 Å². The first kappa shape index (κ1) is 17.8. The van der Waals surface area contributed by atoms with E-state index in [1.54, 1.807) is 18.6 Å². The number of rotatable bonds is 4. The highest BCUT2D eigenvalue weighted by atomic mass is 19.1. The van der Waals surface area contributed by atoms with Crippen molar-refractivity contribution in [2.24, 2.45) is 0 Å². The van der Waals surface area contributed by atoms with Crippen molar-refractivity contribution in [1.82, 2.24) is 19.9 Å². The minimum Gasteiger partial charge on any atom is -0.367 e. The predicted octanol–water partition coefficient (Wildman–Crippen LogP) is 4.12. The lowest BCUT2D eigenvalue weighted by Crippen LogP contribution is -2.36. The lowest BCUT2D eigenvalue weighted by molar-refractivity contribution is 0.221. The minimum absolute atomic E-state index is 0.329. The molecule has 5 nitrogen and oxygen atoms in total. The average molecular weight is 365 g/mol. The molecule has 4 rings (SSSR count). The van der Waals surface area contributed by atoms with Crippen molar-refractivity contribution < 1.29 is 4.39 Å². The van der Waals surface area contributed by atoms with E-state index in [2.05, 4.69) is 39.3 Å². The van der Waals surface area contributed by atoms with Gasteiger partial charge >= 0.3 is 0 Å². The fourth-order valence-electron chi connectivity index (χ4n) is 3.88. The molecule has 0 aliphatic heterocycles. The van der Waals surface area contributed by atoms with Crippen LogP contribution in [0.2, 0.25) is 0 Å². The molecule has 1 aliphatic carbocycles. The highest BCUT2D eigenvalue weighted by molar-refractivity contribution is 5.92. The van der Waals surface area contributed by atoms with Crippen LogP contribution in [0.1, 0.15) is 25.7 Å². The number of pyridine rings is 1. The zero-order chi connectivity index (χ0) is 18.8. The number of fused-ring (bicyclic) bond motifs is 1. The van der Waals surface area contributed by atoms with Crippen LogP contribution in [0.25, 0.3) is 22.0 Å². The van der Waals surface area contributed by atoms with Crippen molar-refractivity contribution in [2.45, 2.75) is 37.8 Å². The molecule has 0 amide bonds. The lowest BCUT2D eigenvalue weighted by Gasteiger charge is -2.33. The number of nitrogens with one attached hydrogen (secondary N) is 1. The molecule has 1 aromatic carbocycles. The summed E-state index contributed by atoms with van der Waals surface area (Å²) in [6, 6.07) is 8.52. The quantitative estimate of drug-likeness (QED) is 0.754. The first-order valence-corrected chi connectivity index (χ1v) is 9.39. The maximum Gasteiger partial charge on any atom is 0.149 e. The zero-order valence-corrected chi connectivity index (χ0v) is 15.7. The highest BCUT2D eigenvalue weighted by Gasteiger charge is 2.23. The van der Waals surface area contributed by atoms with Crippen molar-refractivity contribution in [1.29, 1.82) is 0 Å². The summed E-state index contributed by atoms with van der Waals surface area (Å²) in [6.07, 6.45) is 9.03. The minimum atomic E-state index is -0.329. The molecule has 1 fully saturated rings. The average Bonchev–Trinajstić information content (AvgIpc) is 2.69. The van der Waals surface area contributed by atoms with E-state index in [1.165, 1.54) is 19.0 Å². The number of aromatic nitrogens is 3. The van der Waals surface area contributed by atoms with Crippen molar-refractivity contribution in [3.8, 4) is 11.1 Å². The SMILES string of the molecule is CN(C)C1CCC(Nc2ncnc3ccc(-c4ccncc4F)cc23)CC1. The third kappa shape index (κ3) is 3.76. The fourth-order valence-corrected chi connectivity index (χ4v) is 3.88. The van der Waals surface area contributed by atoms with Gasteiger partial charge in [0.1, 0.15) is 18.0 Å². The van der Waals surface area contributed by atoms with Crippen LogP contribution in [0.4, 0.5) is 10.2 Å². The Hall–Kier alpha value is -2.60. The summed E-state index contributed by atoms with van der Waals surface area (Å²) in [7, 11) is 4.30. The third-order valence-electron chi connectivity index (χ3n) is 5.49. The number of benzene rings is 1. The summed E-state index contributed by atoms with van der Waals surface area (Å²) < 4.78 is 14.1. The molecule has 2 aromatic heterocycles. The van der Waals surface area contributed by atoms with Crippen molar-refractivity contribution in [3.63, 3.8) is 0 Å². The first-order chi connectivity index (χ1) is 13.1. The van der Waals surface area contributed by atoms with Crippen LogP contribution in [-0.2, 0) is 0 Å². The maximum atomic E-state index is 14.1. The molecule has 0 unspecified atom stereocenters. The number of hydrogen-bond acceptors (Lipinski definition) is 5. The van der Waals surface area contributed by atoms with Gasteiger partial charge in [-0.05, 0) is 63.5 Å². The molecule has 0 saturated heterocycles. The second-order valence-electron chi connectivity index (χ2n) is 7.42. The van der Waals surface area contributed by atoms with Crippen LogP contribution >= 0.6 is 0 Å². The Bertz CT molecular complexity index is 935. The molecular weight excluding hydrogens is 341 g/mol. The number of hydrogen-bond donors (Lipinski definition) is 1. The van der Waals surface area contributed by atoms with Gasteiger partial charge in [0, 0.05) is 29.2 Å². The maximum absolute atomic E-state index is 14.1. The van der Waals surface area contributed by atoms with Crippen LogP contribution in [-0.4, -0.2) is 46.0 Å². The second-order valence-corrected chi connectivity index (χ2v) is 7.42. The van der Waals surface area contributed by atoms with Gasteiger partial charge in [-0.2, -0.15) is 0 Å². The lowest BCUT2D eigenvalue weighted by atomic mass is 9.90. The molecule has 6 heteroatoms.